The Morgan fingerprint density at radius 1 is 1.04 bits per heavy atom. The lowest BCUT2D eigenvalue weighted by Gasteiger charge is -2.11. The Hall–Kier alpha value is -2.75. The van der Waals surface area contributed by atoms with E-state index in [1.807, 2.05) is 18.2 Å². The highest BCUT2D eigenvalue weighted by Crippen LogP contribution is 2.31. The molecule has 1 heterocycles. The maximum Gasteiger partial charge on any atom is 0.163 e. The van der Waals surface area contributed by atoms with Crippen LogP contribution in [0.25, 0.3) is 22.0 Å². The molecule has 0 unspecified atom stereocenters. The maximum absolute atomic E-state index is 11.9. The number of aromatic nitrogens is 2. The number of ketones is 1. The van der Waals surface area contributed by atoms with Gasteiger partial charge in [-0.15, -0.1) is 0 Å². The van der Waals surface area contributed by atoms with Gasteiger partial charge in [0.25, 0.3) is 0 Å². The first-order chi connectivity index (χ1) is 12.6. The molecule has 4 heteroatoms. The lowest BCUT2D eigenvalue weighted by molar-refractivity contribution is 0.0994. The smallest absolute Gasteiger partial charge is 0.163 e. The fourth-order valence-electron chi connectivity index (χ4n) is 3.49. The Morgan fingerprint density at radius 2 is 1.85 bits per heavy atom. The van der Waals surface area contributed by atoms with Gasteiger partial charge in [0.05, 0.1) is 5.52 Å². The van der Waals surface area contributed by atoms with E-state index in [9.17, 15) is 4.79 Å². The minimum Gasteiger partial charge on any atom is -0.369 e. The first kappa shape index (κ1) is 16.7. The highest BCUT2D eigenvalue weighted by molar-refractivity contribution is 6.01. The normalized spacial score (nSPS) is 13.4. The largest absolute Gasteiger partial charge is 0.369 e. The average molecular weight is 345 g/mol. The van der Waals surface area contributed by atoms with Gasteiger partial charge in [-0.1, -0.05) is 38.1 Å². The molecule has 2 aromatic carbocycles. The molecular weight excluding hydrogens is 322 g/mol. The Morgan fingerprint density at radius 3 is 2.69 bits per heavy atom. The number of anilines is 1. The number of benzene rings is 2. The van der Waals surface area contributed by atoms with Crippen LogP contribution in [0.4, 0.5) is 5.82 Å². The fourth-order valence-corrected chi connectivity index (χ4v) is 3.49. The van der Waals surface area contributed by atoms with Crippen molar-refractivity contribution in [1.29, 1.82) is 0 Å². The standard InChI is InChI=1S/C22H23N3O/c1-14(2)9-10-23-22-19-12-16(4-7-20(19)24-13-25-22)15-3-6-18-17(11-15)5-8-21(18)26/h3-4,6-7,11-14H,5,8-10H2,1-2H3,(H,23,24,25). The Labute approximate surface area is 153 Å². The second-order valence-electron chi connectivity index (χ2n) is 7.36. The van der Waals surface area contributed by atoms with Crippen molar-refractivity contribution in [2.75, 3.05) is 11.9 Å². The van der Waals surface area contributed by atoms with Crippen LogP contribution >= 0.6 is 0 Å². The van der Waals surface area contributed by atoms with Crippen molar-refractivity contribution in [3.8, 4) is 11.1 Å². The minimum atomic E-state index is 0.259. The Kier molecular flexibility index (Phi) is 4.41. The predicted molar refractivity (Wildman–Crippen MR) is 106 cm³/mol. The van der Waals surface area contributed by atoms with Crippen LogP contribution in [0.1, 0.15) is 42.6 Å². The molecule has 0 saturated heterocycles. The lowest BCUT2D eigenvalue weighted by Crippen LogP contribution is -2.06. The third kappa shape index (κ3) is 3.19. The van der Waals surface area contributed by atoms with Crippen molar-refractivity contribution in [3.63, 3.8) is 0 Å². The zero-order chi connectivity index (χ0) is 18.1. The zero-order valence-electron chi connectivity index (χ0n) is 15.2. The first-order valence-electron chi connectivity index (χ1n) is 9.27. The highest BCUT2D eigenvalue weighted by Gasteiger charge is 2.19. The second-order valence-corrected chi connectivity index (χ2v) is 7.36. The molecule has 0 radical (unpaired) electrons. The quantitative estimate of drug-likeness (QED) is 0.716. The molecular formula is C22H23N3O. The summed E-state index contributed by atoms with van der Waals surface area (Å²) in [6, 6.07) is 12.4. The molecule has 1 aliphatic rings. The van der Waals surface area contributed by atoms with Gasteiger partial charge in [0.15, 0.2) is 5.78 Å². The SMILES string of the molecule is CC(C)CCNc1ncnc2ccc(-c3ccc4c(c3)CCC4=O)cc12. The van der Waals surface area contributed by atoms with Gasteiger partial charge in [0.1, 0.15) is 12.1 Å². The first-order valence-corrected chi connectivity index (χ1v) is 9.27. The molecule has 0 fully saturated rings. The van der Waals surface area contributed by atoms with Crippen LogP contribution in [-0.2, 0) is 6.42 Å². The number of carbonyl (C=O) groups is 1. The van der Waals surface area contributed by atoms with Crippen LogP contribution in [0.3, 0.4) is 0 Å². The fraction of sp³-hybridized carbons (Fsp3) is 0.318. The molecule has 1 N–H and O–H groups in total. The van der Waals surface area contributed by atoms with E-state index in [0.717, 1.165) is 58.4 Å². The molecule has 0 bridgehead atoms. The molecule has 0 aliphatic heterocycles. The third-order valence-electron chi connectivity index (χ3n) is 5.01. The summed E-state index contributed by atoms with van der Waals surface area (Å²) in [5.41, 5.74) is 5.24. The van der Waals surface area contributed by atoms with Crippen LogP contribution in [0.5, 0.6) is 0 Å². The van der Waals surface area contributed by atoms with Crippen molar-refractivity contribution in [3.05, 3.63) is 53.9 Å². The van der Waals surface area contributed by atoms with Gasteiger partial charge >= 0.3 is 0 Å². The predicted octanol–water partition coefficient (Wildman–Crippen LogP) is 4.88. The van der Waals surface area contributed by atoms with E-state index >= 15 is 0 Å². The maximum atomic E-state index is 11.9. The summed E-state index contributed by atoms with van der Waals surface area (Å²) >= 11 is 0. The molecule has 0 spiro atoms. The molecule has 4 nitrogen and oxygen atoms in total. The summed E-state index contributed by atoms with van der Waals surface area (Å²) in [6.07, 6.45) is 4.19. The van der Waals surface area contributed by atoms with Gasteiger partial charge in [0.2, 0.25) is 0 Å². The van der Waals surface area contributed by atoms with E-state index in [4.69, 9.17) is 0 Å². The van der Waals surface area contributed by atoms with Crippen LogP contribution in [0, 0.1) is 5.92 Å². The molecule has 4 rings (SSSR count). The summed E-state index contributed by atoms with van der Waals surface area (Å²) in [5.74, 6) is 1.80. The lowest BCUT2D eigenvalue weighted by atomic mass is 9.99. The molecule has 1 aliphatic carbocycles. The van der Waals surface area contributed by atoms with Gasteiger partial charge in [-0.25, -0.2) is 9.97 Å². The van der Waals surface area contributed by atoms with Crippen molar-refractivity contribution in [1.82, 2.24) is 9.97 Å². The summed E-state index contributed by atoms with van der Waals surface area (Å²) in [7, 11) is 0. The van der Waals surface area contributed by atoms with Crippen molar-refractivity contribution < 1.29 is 4.79 Å². The third-order valence-corrected chi connectivity index (χ3v) is 5.01. The van der Waals surface area contributed by atoms with Gasteiger partial charge in [-0.05, 0) is 47.6 Å². The van der Waals surface area contributed by atoms with E-state index in [1.165, 1.54) is 0 Å². The van der Waals surface area contributed by atoms with E-state index < -0.39 is 0 Å². The molecule has 132 valence electrons. The van der Waals surface area contributed by atoms with Gasteiger partial charge < -0.3 is 5.32 Å². The number of nitrogens with zero attached hydrogens (tertiary/aromatic N) is 2. The summed E-state index contributed by atoms with van der Waals surface area (Å²) in [6.45, 7) is 5.34. The number of nitrogens with one attached hydrogen (secondary N) is 1. The Balaban J connectivity index is 1.69. The monoisotopic (exact) mass is 345 g/mol. The number of Topliss-reactive ketones (excluding diaryl/α,β-unsaturated/α-hetero) is 1. The molecule has 0 saturated carbocycles. The van der Waals surface area contributed by atoms with Gasteiger partial charge in [-0.3, -0.25) is 4.79 Å². The number of aryl methyl sites for hydroxylation is 1. The van der Waals surface area contributed by atoms with Crippen molar-refractivity contribution >= 4 is 22.5 Å². The number of rotatable bonds is 5. The van der Waals surface area contributed by atoms with Crippen molar-refractivity contribution in [2.24, 2.45) is 5.92 Å². The van der Waals surface area contributed by atoms with Crippen LogP contribution < -0.4 is 5.32 Å². The van der Waals surface area contributed by atoms with Crippen LogP contribution in [0.2, 0.25) is 0 Å². The molecule has 1 aromatic heterocycles. The number of fused-ring (bicyclic) bond motifs is 2. The van der Waals surface area contributed by atoms with Gasteiger partial charge in [-0.2, -0.15) is 0 Å². The summed E-state index contributed by atoms with van der Waals surface area (Å²) < 4.78 is 0. The second kappa shape index (κ2) is 6.87. The van der Waals surface area contributed by atoms with E-state index in [1.54, 1.807) is 6.33 Å². The number of hydrogen-bond donors (Lipinski definition) is 1. The minimum absolute atomic E-state index is 0.259. The Bertz CT molecular complexity index is 978. The van der Waals surface area contributed by atoms with Gasteiger partial charge in [0, 0.05) is 23.9 Å². The number of hydrogen-bond acceptors (Lipinski definition) is 4. The highest BCUT2D eigenvalue weighted by atomic mass is 16.1. The topological polar surface area (TPSA) is 54.9 Å². The average Bonchev–Trinajstić information content (AvgIpc) is 3.02. The number of carbonyl (C=O) groups excluding carboxylic acids is 1. The van der Waals surface area contributed by atoms with Crippen LogP contribution in [-0.4, -0.2) is 22.3 Å². The molecule has 3 aromatic rings. The van der Waals surface area contributed by atoms with E-state index in [-0.39, 0.29) is 5.78 Å². The van der Waals surface area contributed by atoms with Crippen molar-refractivity contribution in [2.45, 2.75) is 33.1 Å². The molecule has 0 atom stereocenters. The van der Waals surface area contributed by atoms with Crippen LogP contribution in [0.15, 0.2) is 42.7 Å². The summed E-state index contributed by atoms with van der Waals surface area (Å²) in [4.78, 5) is 20.7. The van der Waals surface area contributed by atoms with E-state index in [2.05, 4.69) is 47.3 Å². The van der Waals surface area contributed by atoms with E-state index in [0.29, 0.717) is 12.3 Å². The molecule has 0 amide bonds. The summed E-state index contributed by atoms with van der Waals surface area (Å²) in [5, 5.41) is 4.48. The zero-order valence-corrected chi connectivity index (χ0v) is 15.2. The molecule has 26 heavy (non-hydrogen) atoms.